The molecule has 1 aliphatic heterocycles. The Morgan fingerprint density at radius 1 is 1.28 bits per heavy atom. The van der Waals surface area contributed by atoms with Gasteiger partial charge in [0.05, 0.1) is 15.9 Å². The first-order valence-corrected chi connectivity index (χ1v) is 13.3. The van der Waals surface area contributed by atoms with Gasteiger partial charge in [-0.15, -0.1) is 3.77 Å². The van der Waals surface area contributed by atoms with Gasteiger partial charge < -0.3 is 9.64 Å². The molecule has 166 valence electrons. The second kappa shape index (κ2) is 10.0. The molecule has 0 radical (unpaired) electrons. The monoisotopic (exact) mass is 448 g/mol. The molecule has 1 atom stereocenters. The van der Waals surface area contributed by atoms with Crippen molar-refractivity contribution in [3.05, 3.63) is 12.3 Å². The SMILES string of the molecule is CCC(CC)CC(=O)N1CCC(S(C)(=O)=NS(=O)(=O)c2ccnn2COC)CC1. The van der Waals surface area contributed by atoms with E-state index in [9.17, 15) is 17.4 Å². The minimum atomic E-state index is -4.14. The number of likely N-dealkylation sites (tertiary alicyclic amines) is 1. The topological polar surface area (TPSA) is 111 Å². The van der Waals surface area contributed by atoms with Crippen molar-refractivity contribution in [1.82, 2.24) is 14.7 Å². The summed E-state index contributed by atoms with van der Waals surface area (Å²) < 4.78 is 48.4. The molecule has 9 nitrogen and oxygen atoms in total. The fourth-order valence-electron chi connectivity index (χ4n) is 3.55. The maximum absolute atomic E-state index is 13.2. The zero-order chi connectivity index (χ0) is 21.7. The van der Waals surface area contributed by atoms with Crippen molar-refractivity contribution < 1.29 is 22.2 Å². The number of carbonyl (C=O) groups excluding carboxylic acids is 1. The van der Waals surface area contributed by atoms with Crippen LogP contribution in [0.1, 0.15) is 46.0 Å². The van der Waals surface area contributed by atoms with Crippen LogP contribution >= 0.6 is 0 Å². The van der Waals surface area contributed by atoms with E-state index in [0.717, 1.165) is 17.5 Å². The molecule has 1 unspecified atom stereocenters. The standard InChI is InChI=1S/C18H32N4O5S2/c1-5-15(6-2)13-17(23)21-11-8-16(9-12-21)28(4,24)20-29(25,26)18-7-10-19-22(18)14-27-3/h7,10,15-16H,5-6,8-9,11-14H2,1-4H3. The molecule has 2 rings (SSSR count). The lowest BCUT2D eigenvalue weighted by Crippen LogP contribution is -2.42. The molecule has 1 aliphatic rings. The summed E-state index contributed by atoms with van der Waals surface area (Å²) in [6.07, 6.45) is 6.13. The molecular weight excluding hydrogens is 416 g/mol. The number of sulfonamides is 1. The Balaban J connectivity index is 2.10. The number of methoxy groups -OCH3 is 1. The Morgan fingerprint density at radius 2 is 1.90 bits per heavy atom. The first-order valence-electron chi connectivity index (χ1n) is 9.90. The average Bonchev–Trinajstić information content (AvgIpc) is 3.15. The summed E-state index contributed by atoms with van der Waals surface area (Å²) in [6, 6.07) is 1.31. The molecule has 1 fully saturated rings. The van der Waals surface area contributed by atoms with Crippen molar-refractivity contribution >= 4 is 25.7 Å². The van der Waals surface area contributed by atoms with Gasteiger partial charge in [-0.1, -0.05) is 26.7 Å². The van der Waals surface area contributed by atoms with Crippen LogP contribution in [0, 0.1) is 5.92 Å². The van der Waals surface area contributed by atoms with E-state index in [1.54, 1.807) is 4.90 Å². The Kier molecular flexibility index (Phi) is 8.24. The predicted molar refractivity (Wildman–Crippen MR) is 111 cm³/mol. The number of piperidine rings is 1. The molecule has 0 spiro atoms. The van der Waals surface area contributed by atoms with Gasteiger partial charge in [-0.25, -0.2) is 8.89 Å². The van der Waals surface area contributed by atoms with Gasteiger partial charge in [0.25, 0.3) is 0 Å². The highest BCUT2D eigenvalue weighted by atomic mass is 32.3. The van der Waals surface area contributed by atoms with Gasteiger partial charge in [0.2, 0.25) is 5.91 Å². The molecule has 29 heavy (non-hydrogen) atoms. The molecule has 1 amide bonds. The van der Waals surface area contributed by atoms with Gasteiger partial charge in [0, 0.05) is 38.1 Å². The van der Waals surface area contributed by atoms with Crippen molar-refractivity contribution in [2.45, 2.75) is 63.0 Å². The summed E-state index contributed by atoms with van der Waals surface area (Å²) in [4.78, 5) is 14.3. The number of rotatable bonds is 9. The molecule has 1 aromatic heterocycles. The van der Waals surface area contributed by atoms with Crippen LogP contribution in [0.3, 0.4) is 0 Å². The summed E-state index contributed by atoms with van der Waals surface area (Å²) in [5, 5.41) is 3.37. The minimum Gasteiger partial charge on any atom is -0.362 e. The summed E-state index contributed by atoms with van der Waals surface area (Å²) >= 11 is 0. The lowest BCUT2D eigenvalue weighted by atomic mass is 9.98. The van der Waals surface area contributed by atoms with E-state index in [-0.39, 0.29) is 22.9 Å². The minimum absolute atomic E-state index is 0.0427. The van der Waals surface area contributed by atoms with Crippen molar-refractivity contribution in [3.8, 4) is 0 Å². The second-order valence-electron chi connectivity index (χ2n) is 7.46. The molecule has 0 saturated carbocycles. The molecule has 1 saturated heterocycles. The van der Waals surface area contributed by atoms with E-state index < -0.39 is 19.8 Å². The molecule has 1 aromatic rings. The van der Waals surface area contributed by atoms with Crippen LogP contribution in [-0.4, -0.2) is 64.9 Å². The van der Waals surface area contributed by atoms with E-state index in [4.69, 9.17) is 4.74 Å². The number of hydrogen-bond donors (Lipinski definition) is 0. The van der Waals surface area contributed by atoms with Crippen molar-refractivity contribution in [3.63, 3.8) is 0 Å². The van der Waals surface area contributed by atoms with E-state index in [1.807, 2.05) is 0 Å². The van der Waals surface area contributed by atoms with Gasteiger partial charge in [-0.2, -0.15) is 13.5 Å². The number of amides is 1. The Morgan fingerprint density at radius 3 is 2.45 bits per heavy atom. The third-order valence-corrected chi connectivity index (χ3v) is 10.0. The third-order valence-electron chi connectivity index (χ3n) is 5.47. The van der Waals surface area contributed by atoms with Gasteiger partial charge in [-0.3, -0.25) is 4.79 Å². The fraction of sp³-hybridized carbons (Fsp3) is 0.778. The highest BCUT2D eigenvalue weighted by Crippen LogP contribution is 2.24. The van der Waals surface area contributed by atoms with Crippen LogP contribution in [0.2, 0.25) is 0 Å². The number of hydrogen-bond acceptors (Lipinski definition) is 6. The first kappa shape index (κ1) is 23.8. The molecule has 0 bridgehead atoms. The van der Waals surface area contributed by atoms with Crippen LogP contribution in [0.15, 0.2) is 21.1 Å². The smallest absolute Gasteiger partial charge is 0.307 e. The number of aromatic nitrogens is 2. The Hall–Kier alpha value is -1.46. The van der Waals surface area contributed by atoms with Crippen LogP contribution in [-0.2, 0) is 36.0 Å². The van der Waals surface area contributed by atoms with Crippen LogP contribution in [0.5, 0.6) is 0 Å². The van der Waals surface area contributed by atoms with Crippen LogP contribution in [0.4, 0.5) is 0 Å². The zero-order valence-electron chi connectivity index (χ0n) is 17.6. The van der Waals surface area contributed by atoms with E-state index in [0.29, 0.717) is 38.3 Å². The number of nitrogens with zero attached hydrogens (tertiary/aromatic N) is 4. The van der Waals surface area contributed by atoms with Gasteiger partial charge in [0.1, 0.15) is 6.73 Å². The molecule has 0 aliphatic carbocycles. The lowest BCUT2D eigenvalue weighted by molar-refractivity contribution is -0.133. The van der Waals surface area contributed by atoms with Gasteiger partial charge in [0.15, 0.2) is 5.03 Å². The summed E-state index contributed by atoms with van der Waals surface area (Å²) in [5.74, 6) is 0.500. The maximum atomic E-state index is 13.2. The second-order valence-corrected chi connectivity index (χ2v) is 11.8. The Bertz CT molecular complexity index is 906. The zero-order valence-corrected chi connectivity index (χ0v) is 19.2. The molecule has 2 heterocycles. The van der Waals surface area contributed by atoms with E-state index in [1.165, 1.54) is 25.6 Å². The fourth-order valence-corrected chi connectivity index (χ4v) is 7.58. The summed E-state index contributed by atoms with van der Waals surface area (Å²) in [7, 11) is -5.73. The van der Waals surface area contributed by atoms with Gasteiger partial charge >= 0.3 is 10.0 Å². The predicted octanol–water partition coefficient (Wildman–Crippen LogP) is 2.09. The molecular formula is C18H32N4O5S2. The van der Waals surface area contributed by atoms with Crippen molar-refractivity contribution in [2.24, 2.45) is 9.69 Å². The molecule has 0 N–H and O–H groups in total. The summed E-state index contributed by atoms with van der Waals surface area (Å²) in [6.45, 7) is 5.08. The average molecular weight is 449 g/mol. The van der Waals surface area contributed by atoms with E-state index in [2.05, 4.69) is 22.7 Å². The maximum Gasteiger partial charge on any atom is 0.307 e. The quantitative estimate of drug-likeness (QED) is 0.572. The third kappa shape index (κ3) is 6.02. The van der Waals surface area contributed by atoms with Crippen LogP contribution < -0.4 is 0 Å². The van der Waals surface area contributed by atoms with Crippen molar-refractivity contribution in [1.29, 1.82) is 0 Å². The lowest BCUT2D eigenvalue weighted by Gasteiger charge is -2.33. The molecule has 11 heteroatoms. The highest BCUT2D eigenvalue weighted by molar-refractivity contribution is 8.03. The number of carbonyl (C=O) groups is 1. The van der Waals surface area contributed by atoms with Crippen molar-refractivity contribution in [2.75, 3.05) is 26.5 Å². The van der Waals surface area contributed by atoms with Crippen LogP contribution in [0.25, 0.3) is 0 Å². The number of ether oxygens (including phenoxy) is 1. The first-order chi connectivity index (χ1) is 13.6. The largest absolute Gasteiger partial charge is 0.362 e. The molecule has 0 aromatic carbocycles. The normalized spacial score (nSPS) is 18.0. The Labute approximate surface area is 174 Å². The highest BCUT2D eigenvalue weighted by Gasteiger charge is 2.31. The van der Waals surface area contributed by atoms with E-state index >= 15 is 0 Å². The van der Waals surface area contributed by atoms with Gasteiger partial charge in [-0.05, 0) is 24.8 Å². The summed E-state index contributed by atoms with van der Waals surface area (Å²) in [5.41, 5.74) is 0.